The van der Waals surface area contributed by atoms with Gasteiger partial charge in [0.2, 0.25) is 0 Å². The molecule has 4 heterocycles. The van der Waals surface area contributed by atoms with E-state index in [0.717, 1.165) is 63.4 Å². The standard InChI is InChI=1S/C27H24N6S/c1-2-5-19(6-3-1)12-14-33-25-11-9-22(15-20(25)17-31-33)32-26-24-16-23(34-27(24)30-18-29-26)10-8-21-7-4-13-28-21/h1-3,5-6,9,11,15-18,21,28H,4,7,12-14H2,(H,29,30,32)/t21-/m1/s1. The average molecular weight is 465 g/mol. The van der Waals surface area contributed by atoms with Gasteiger partial charge in [0.1, 0.15) is 17.0 Å². The van der Waals surface area contributed by atoms with Crippen LogP contribution in [0.25, 0.3) is 21.1 Å². The van der Waals surface area contributed by atoms with E-state index in [1.165, 1.54) is 12.0 Å². The monoisotopic (exact) mass is 464 g/mol. The van der Waals surface area contributed by atoms with Crippen LogP contribution in [0.15, 0.2) is 67.1 Å². The number of hydrogen-bond donors (Lipinski definition) is 2. The molecule has 5 aromatic rings. The summed E-state index contributed by atoms with van der Waals surface area (Å²) < 4.78 is 2.07. The second-order valence-electron chi connectivity index (χ2n) is 8.47. The molecule has 168 valence electrons. The first kappa shape index (κ1) is 20.8. The number of anilines is 2. The lowest BCUT2D eigenvalue weighted by Gasteiger charge is -2.08. The maximum atomic E-state index is 4.61. The van der Waals surface area contributed by atoms with Crippen LogP contribution in [0.4, 0.5) is 11.5 Å². The Balaban J connectivity index is 1.22. The van der Waals surface area contributed by atoms with Crippen molar-refractivity contribution in [1.29, 1.82) is 0 Å². The highest BCUT2D eigenvalue weighted by molar-refractivity contribution is 7.19. The number of nitrogens with zero attached hydrogens (tertiary/aromatic N) is 4. The Hall–Kier alpha value is -3.73. The third kappa shape index (κ3) is 4.38. The molecule has 1 saturated heterocycles. The van der Waals surface area contributed by atoms with E-state index in [-0.39, 0.29) is 0 Å². The van der Waals surface area contributed by atoms with Crippen molar-refractivity contribution in [2.45, 2.75) is 31.8 Å². The molecule has 2 aromatic carbocycles. The van der Waals surface area contributed by atoms with E-state index in [0.29, 0.717) is 6.04 Å². The van der Waals surface area contributed by atoms with Crippen molar-refractivity contribution in [1.82, 2.24) is 25.1 Å². The van der Waals surface area contributed by atoms with E-state index in [4.69, 9.17) is 0 Å². The SMILES string of the molecule is C(#C[C@H]1CCCN1)c1cc2c(Nc3ccc4c(cnn4CCc4ccccc4)c3)ncnc2s1. The van der Waals surface area contributed by atoms with Crippen molar-refractivity contribution >= 4 is 44.0 Å². The summed E-state index contributed by atoms with van der Waals surface area (Å²) in [5.74, 6) is 7.46. The number of nitrogens with one attached hydrogen (secondary N) is 2. The third-order valence-electron chi connectivity index (χ3n) is 6.12. The first-order valence-electron chi connectivity index (χ1n) is 11.6. The van der Waals surface area contributed by atoms with E-state index in [2.05, 4.69) is 90.8 Å². The molecule has 6 rings (SSSR count). The Kier molecular flexibility index (Phi) is 5.68. The average Bonchev–Trinajstić information content (AvgIpc) is 3.62. The first-order valence-corrected chi connectivity index (χ1v) is 12.4. The molecule has 0 bridgehead atoms. The summed E-state index contributed by atoms with van der Waals surface area (Å²) in [6.07, 6.45) is 6.81. The fourth-order valence-electron chi connectivity index (χ4n) is 4.34. The molecule has 1 atom stereocenters. The molecule has 0 aliphatic carbocycles. The molecule has 1 aliphatic heterocycles. The lowest BCUT2D eigenvalue weighted by atomic mass is 10.1. The van der Waals surface area contributed by atoms with Crippen molar-refractivity contribution in [3.05, 3.63) is 77.6 Å². The number of aryl methyl sites for hydroxylation is 2. The van der Waals surface area contributed by atoms with Crippen LogP contribution in [-0.4, -0.2) is 32.3 Å². The minimum absolute atomic E-state index is 0.300. The van der Waals surface area contributed by atoms with Crippen LogP contribution >= 0.6 is 11.3 Å². The highest BCUT2D eigenvalue weighted by atomic mass is 32.1. The van der Waals surface area contributed by atoms with Gasteiger partial charge in [-0.25, -0.2) is 9.97 Å². The number of aromatic nitrogens is 4. The van der Waals surface area contributed by atoms with Crippen LogP contribution in [0.2, 0.25) is 0 Å². The number of benzene rings is 2. The fourth-order valence-corrected chi connectivity index (χ4v) is 5.20. The summed E-state index contributed by atoms with van der Waals surface area (Å²) in [5.41, 5.74) is 3.42. The van der Waals surface area contributed by atoms with Gasteiger partial charge in [0.15, 0.2) is 0 Å². The highest BCUT2D eigenvalue weighted by Crippen LogP contribution is 2.30. The van der Waals surface area contributed by atoms with E-state index < -0.39 is 0 Å². The van der Waals surface area contributed by atoms with Gasteiger partial charge >= 0.3 is 0 Å². The number of rotatable bonds is 5. The van der Waals surface area contributed by atoms with Crippen molar-refractivity contribution in [3.63, 3.8) is 0 Å². The van der Waals surface area contributed by atoms with Crippen molar-refractivity contribution in [2.24, 2.45) is 0 Å². The summed E-state index contributed by atoms with van der Waals surface area (Å²) in [6.45, 7) is 1.91. The van der Waals surface area contributed by atoms with E-state index in [1.54, 1.807) is 17.7 Å². The molecule has 0 spiro atoms. The predicted molar refractivity (Wildman–Crippen MR) is 138 cm³/mol. The molecule has 0 radical (unpaired) electrons. The van der Waals surface area contributed by atoms with Gasteiger partial charge in [-0.1, -0.05) is 42.2 Å². The Morgan fingerprint density at radius 2 is 2.06 bits per heavy atom. The molecule has 2 N–H and O–H groups in total. The molecule has 0 saturated carbocycles. The number of hydrogen-bond acceptors (Lipinski definition) is 6. The molecule has 3 aromatic heterocycles. The lowest BCUT2D eigenvalue weighted by Crippen LogP contribution is -2.18. The van der Waals surface area contributed by atoms with Crippen molar-refractivity contribution in [3.8, 4) is 11.8 Å². The van der Waals surface area contributed by atoms with Gasteiger partial charge in [-0.3, -0.25) is 4.68 Å². The normalized spacial score (nSPS) is 15.5. The zero-order chi connectivity index (χ0) is 22.7. The van der Waals surface area contributed by atoms with Crippen LogP contribution in [0.5, 0.6) is 0 Å². The second kappa shape index (κ2) is 9.26. The van der Waals surface area contributed by atoms with Crippen LogP contribution in [0.3, 0.4) is 0 Å². The maximum absolute atomic E-state index is 4.61. The van der Waals surface area contributed by atoms with E-state index in [9.17, 15) is 0 Å². The van der Waals surface area contributed by atoms with E-state index in [1.807, 2.05) is 12.3 Å². The summed E-state index contributed by atoms with van der Waals surface area (Å²) in [6, 6.07) is 19.2. The number of thiophene rings is 1. The molecule has 0 amide bonds. The summed E-state index contributed by atoms with van der Waals surface area (Å²) in [4.78, 5) is 10.9. The Morgan fingerprint density at radius 1 is 1.12 bits per heavy atom. The van der Waals surface area contributed by atoms with Crippen molar-refractivity contribution < 1.29 is 0 Å². The Bertz CT molecular complexity index is 1500. The van der Waals surface area contributed by atoms with Crippen molar-refractivity contribution in [2.75, 3.05) is 11.9 Å². The van der Waals surface area contributed by atoms with Gasteiger partial charge in [0.05, 0.1) is 28.0 Å². The Morgan fingerprint density at radius 3 is 2.94 bits per heavy atom. The maximum Gasteiger partial charge on any atom is 0.142 e. The van der Waals surface area contributed by atoms with Crippen LogP contribution in [0, 0.1) is 11.8 Å². The fraction of sp³-hybridized carbons (Fsp3) is 0.222. The molecule has 1 aliphatic rings. The largest absolute Gasteiger partial charge is 0.340 e. The molecular formula is C27H24N6S. The van der Waals surface area contributed by atoms with Crippen LogP contribution in [-0.2, 0) is 13.0 Å². The minimum atomic E-state index is 0.300. The smallest absolute Gasteiger partial charge is 0.142 e. The van der Waals surface area contributed by atoms with Crippen LogP contribution in [0.1, 0.15) is 23.3 Å². The zero-order valence-corrected chi connectivity index (χ0v) is 19.5. The molecule has 0 unspecified atom stereocenters. The van der Waals surface area contributed by atoms with Crippen LogP contribution < -0.4 is 10.6 Å². The summed E-state index contributed by atoms with van der Waals surface area (Å²) in [7, 11) is 0. The quantitative estimate of drug-likeness (QED) is 0.353. The van der Waals surface area contributed by atoms with Gasteiger partial charge < -0.3 is 10.6 Å². The molecular weight excluding hydrogens is 440 g/mol. The second-order valence-corrected chi connectivity index (χ2v) is 9.50. The Labute approximate surface area is 202 Å². The van der Waals surface area contributed by atoms with Gasteiger partial charge in [-0.2, -0.15) is 5.10 Å². The minimum Gasteiger partial charge on any atom is -0.340 e. The summed E-state index contributed by atoms with van der Waals surface area (Å²) in [5, 5.41) is 13.6. The first-order chi connectivity index (χ1) is 16.8. The van der Waals surface area contributed by atoms with E-state index >= 15 is 0 Å². The molecule has 7 heteroatoms. The molecule has 1 fully saturated rings. The summed E-state index contributed by atoms with van der Waals surface area (Å²) >= 11 is 1.61. The van der Waals surface area contributed by atoms with Gasteiger partial charge in [-0.15, -0.1) is 11.3 Å². The number of fused-ring (bicyclic) bond motifs is 2. The highest BCUT2D eigenvalue weighted by Gasteiger charge is 2.12. The van der Waals surface area contributed by atoms with Gasteiger partial charge in [-0.05, 0) is 55.6 Å². The topological polar surface area (TPSA) is 67.7 Å². The lowest BCUT2D eigenvalue weighted by molar-refractivity contribution is 0.635. The predicted octanol–water partition coefficient (Wildman–Crippen LogP) is 5.13. The molecule has 6 nitrogen and oxygen atoms in total. The van der Waals surface area contributed by atoms with Gasteiger partial charge in [0, 0.05) is 17.6 Å². The van der Waals surface area contributed by atoms with Gasteiger partial charge in [0.25, 0.3) is 0 Å². The third-order valence-corrected chi connectivity index (χ3v) is 7.08. The zero-order valence-electron chi connectivity index (χ0n) is 18.7. The molecule has 34 heavy (non-hydrogen) atoms.